The third-order valence-corrected chi connectivity index (χ3v) is 8.58. The lowest BCUT2D eigenvalue weighted by Gasteiger charge is -2.28. The lowest BCUT2D eigenvalue weighted by molar-refractivity contribution is -0.148. The molecule has 0 aliphatic carbocycles. The van der Waals surface area contributed by atoms with Crippen LogP contribution in [0.1, 0.15) is 53.9 Å². The van der Waals surface area contributed by atoms with Gasteiger partial charge in [0.1, 0.15) is 17.2 Å². The largest absolute Gasteiger partial charge is 0.464 e. The predicted octanol–water partition coefficient (Wildman–Crippen LogP) is 6.90. The molecule has 6 nitrogen and oxygen atoms in total. The average molecular weight is 550 g/mol. The molecule has 37 heavy (non-hydrogen) atoms. The van der Waals surface area contributed by atoms with E-state index < -0.39 is 21.4 Å². The summed E-state index contributed by atoms with van der Waals surface area (Å²) in [6.07, 6.45) is 5.08. The fourth-order valence-corrected chi connectivity index (χ4v) is 6.79. The van der Waals surface area contributed by atoms with Gasteiger partial charge in [-0.2, -0.15) is 0 Å². The molecule has 1 aliphatic rings. The summed E-state index contributed by atoms with van der Waals surface area (Å²) >= 11 is 1.51. The number of sulfone groups is 1. The minimum atomic E-state index is -3.65. The van der Waals surface area contributed by atoms with Crippen molar-refractivity contribution < 1.29 is 27.1 Å². The number of benzene rings is 2. The van der Waals surface area contributed by atoms with Crippen molar-refractivity contribution in [2.75, 3.05) is 23.0 Å². The SMILES string of the molecule is CCCCC1CN(c2ccc(F)cc2)c2cc(SCC)c(O/C=C/C(=O)OC(C)(C)C)cc2S(=O)(=O)C1. The van der Waals surface area contributed by atoms with E-state index in [-0.39, 0.29) is 22.4 Å². The molecule has 2 aromatic rings. The smallest absolute Gasteiger partial charge is 0.334 e. The maximum Gasteiger partial charge on any atom is 0.334 e. The van der Waals surface area contributed by atoms with Crippen LogP contribution in [0, 0.1) is 11.7 Å². The van der Waals surface area contributed by atoms with E-state index >= 15 is 0 Å². The summed E-state index contributed by atoms with van der Waals surface area (Å²) in [5.41, 5.74) is 0.637. The first-order chi connectivity index (χ1) is 17.4. The minimum Gasteiger partial charge on any atom is -0.464 e. The van der Waals surface area contributed by atoms with Gasteiger partial charge in [0.05, 0.1) is 33.6 Å². The second-order valence-corrected chi connectivity index (χ2v) is 13.3. The zero-order valence-electron chi connectivity index (χ0n) is 22.1. The van der Waals surface area contributed by atoms with E-state index in [0.717, 1.165) is 35.6 Å². The summed E-state index contributed by atoms with van der Waals surface area (Å²) in [7, 11) is -3.65. The van der Waals surface area contributed by atoms with Crippen molar-refractivity contribution in [3.05, 3.63) is 54.6 Å². The van der Waals surface area contributed by atoms with Gasteiger partial charge >= 0.3 is 5.97 Å². The number of thioether (sulfide) groups is 1. The lowest BCUT2D eigenvalue weighted by atomic mass is 10.0. The Bertz CT molecular complexity index is 1220. The first kappa shape index (κ1) is 29.0. The van der Waals surface area contributed by atoms with Crippen LogP contribution in [0.3, 0.4) is 0 Å². The van der Waals surface area contributed by atoms with Gasteiger partial charge in [-0.25, -0.2) is 17.6 Å². The highest BCUT2D eigenvalue weighted by molar-refractivity contribution is 7.99. The fraction of sp³-hybridized carbons (Fsp3) is 0.464. The molecule has 1 aliphatic heterocycles. The summed E-state index contributed by atoms with van der Waals surface area (Å²) in [6.45, 7) is 9.90. The standard InChI is InChI=1S/C28H36FNO5S2/c1-6-8-9-20-18-30(22-12-10-21(29)11-13-22)23-16-25(36-7-2)24(17-26(23)37(32,33)19-20)34-15-14-27(31)35-28(3,4)5/h10-17,20H,6-9,18-19H2,1-5H3/b15-14+. The number of anilines is 2. The Balaban J connectivity index is 2.08. The first-order valence-corrected chi connectivity index (χ1v) is 15.2. The molecule has 3 rings (SSSR count). The van der Waals surface area contributed by atoms with E-state index in [0.29, 0.717) is 18.0 Å². The maximum absolute atomic E-state index is 13.7. The topological polar surface area (TPSA) is 72.9 Å². The molecule has 0 saturated carbocycles. The normalized spacial score (nSPS) is 17.4. The van der Waals surface area contributed by atoms with E-state index in [1.807, 2.05) is 17.9 Å². The number of hydrogen-bond donors (Lipinski definition) is 0. The summed E-state index contributed by atoms with van der Waals surface area (Å²) < 4.78 is 52.0. The molecule has 0 fully saturated rings. The number of unbranched alkanes of at least 4 members (excludes halogenated alkanes) is 1. The Kier molecular flexibility index (Phi) is 9.69. The first-order valence-electron chi connectivity index (χ1n) is 12.6. The van der Waals surface area contributed by atoms with Crippen LogP contribution in [-0.4, -0.2) is 38.0 Å². The van der Waals surface area contributed by atoms with E-state index in [1.165, 1.54) is 36.2 Å². The van der Waals surface area contributed by atoms with Crippen LogP contribution in [0.5, 0.6) is 5.75 Å². The molecule has 0 radical (unpaired) electrons. The molecule has 0 spiro atoms. The summed E-state index contributed by atoms with van der Waals surface area (Å²) in [6, 6.07) is 9.49. The number of carbonyl (C=O) groups excluding carboxylic acids is 1. The van der Waals surface area contributed by atoms with Gasteiger partial charge in [-0.15, -0.1) is 11.8 Å². The van der Waals surface area contributed by atoms with Gasteiger partial charge in [0.2, 0.25) is 0 Å². The van der Waals surface area contributed by atoms with Crippen molar-refractivity contribution in [3.8, 4) is 5.75 Å². The maximum atomic E-state index is 13.7. The molecule has 9 heteroatoms. The van der Waals surface area contributed by atoms with Crippen molar-refractivity contribution in [1.82, 2.24) is 0 Å². The Labute approximate surface area is 224 Å². The van der Waals surface area contributed by atoms with Gasteiger partial charge in [-0.05, 0) is 69.2 Å². The molecular formula is C28H36FNO5S2. The van der Waals surface area contributed by atoms with Crippen molar-refractivity contribution in [3.63, 3.8) is 0 Å². The van der Waals surface area contributed by atoms with Crippen LogP contribution in [0.15, 0.2) is 58.5 Å². The molecule has 0 saturated heterocycles. The van der Waals surface area contributed by atoms with Crippen molar-refractivity contribution in [2.24, 2.45) is 5.92 Å². The molecule has 1 unspecified atom stereocenters. The van der Waals surface area contributed by atoms with Crippen LogP contribution < -0.4 is 9.64 Å². The van der Waals surface area contributed by atoms with Crippen LogP contribution in [0.4, 0.5) is 15.8 Å². The Hall–Kier alpha value is -2.52. The van der Waals surface area contributed by atoms with E-state index in [2.05, 4.69) is 6.92 Å². The zero-order chi connectivity index (χ0) is 27.2. The highest BCUT2D eigenvalue weighted by Crippen LogP contribution is 2.43. The number of fused-ring (bicyclic) bond motifs is 1. The number of ether oxygens (including phenoxy) is 2. The highest BCUT2D eigenvalue weighted by Gasteiger charge is 2.33. The Morgan fingerprint density at radius 3 is 2.51 bits per heavy atom. The zero-order valence-corrected chi connectivity index (χ0v) is 23.8. The molecule has 0 bridgehead atoms. The number of esters is 1. The van der Waals surface area contributed by atoms with E-state index in [1.54, 1.807) is 39.0 Å². The van der Waals surface area contributed by atoms with Gasteiger partial charge in [0.25, 0.3) is 0 Å². The Morgan fingerprint density at radius 2 is 1.89 bits per heavy atom. The molecule has 0 amide bonds. The number of carbonyl (C=O) groups is 1. The lowest BCUT2D eigenvalue weighted by Crippen LogP contribution is -2.26. The van der Waals surface area contributed by atoms with Gasteiger partial charge in [0, 0.05) is 18.3 Å². The minimum absolute atomic E-state index is 0.0190. The second-order valence-electron chi connectivity index (χ2n) is 10.0. The summed E-state index contributed by atoms with van der Waals surface area (Å²) in [4.78, 5) is 14.9. The number of rotatable bonds is 9. The third kappa shape index (κ3) is 7.98. The van der Waals surface area contributed by atoms with Crippen LogP contribution in [0.25, 0.3) is 0 Å². The predicted molar refractivity (Wildman–Crippen MR) is 147 cm³/mol. The number of nitrogens with zero attached hydrogens (tertiary/aromatic N) is 1. The highest BCUT2D eigenvalue weighted by atomic mass is 32.2. The molecule has 0 aromatic heterocycles. The monoisotopic (exact) mass is 549 g/mol. The van der Waals surface area contributed by atoms with Gasteiger partial charge in [0.15, 0.2) is 9.84 Å². The second kappa shape index (κ2) is 12.3. The van der Waals surface area contributed by atoms with Crippen molar-refractivity contribution in [2.45, 2.75) is 69.3 Å². The van der Waals surface area contributed by atoms with Crippen LogP contribution in [0.2, 0.25) is 0 Å². The number of halogens is 1. The van der Waals surface area contributed by atoms with Crippen molar-refractivity contribution in [1.29, 1.82) is 0 Å². The molecule has 1 atom stereocenters. The molecular weight excluding hydrogens is 513 g/mol. The van der Waals surface area contributed by atoms with Gasteiger partial charge in [-0.3, -0.25) is 0 Å². The fourth-order valence-electron chi connectivity index (χ4n) is 4.19. The average Bonchev–Trinajstić information content (AvgIpc) is 2.91. The van der Waals surface area contributed by atoms with Crippen molar-refractivity contribution >= 4 is 38.9 Å². The summed E-state index contributed by atoms with van der Waals surface area (Å²) in [5, 5.41) is 0. The molecule has 2 aromatic carbocycles. The molecule has 1 heterocycles. The van der Waals surface area contributed by atoms with Gasteiger partial charge in [-0.1, -0.05) is 26.7 Å². The quantitative estimate of drug-likeness (QED) is 0.146. The molecule has 202 valence electrons. The summed E-state index contributed by atoms with van der Waals surface area (Å²) in [5.74, 6) is 0.108. The van der Waals surface area contributed by atoms with Crippen LogP contribution >= 0.6 is 11.8 Å². The van der Waals surface area contributed by atoms with Crippen LogP contribution in [-0.2, 0) is 19.4 Å². The van der Waals surface area contributed by atoms with E-state index in [4.69, 9.17) is 9.47 Å². The van der Waals surface area contributed by atoms with Gasteiger partial charge < -0.3 is 14.4 Å². The Morgan fingerprint density at radius 1 is 1.19 bits per heavy atom. The third-order valence-electron chi connectivity index (χ3n) is 5.76. The molecule has 0 N–H and O–H groups in total. The number of hydrogen-bond acceptors (Lipinski definition) is 7. The van der Waals surface area contributed by atoms with E-state index in [9.17, 15) is 17.6 Å².